The van der Waals surface area contributed by atoms with E-state index < -0.39 is 16.1 Å². The molecule has 0 radical (unpaired) electrons. The number of carbonyl (C=O) groups excluding carboxylic acids is 1. The number of hydrogen-bond acceptors (Lipinski definition) is 3. The molecule has 152 valence electrons. The van der Waals surface area contributed by atoms with Crippen LogP contribution in [0.2, 0.25) is 5.02 Å². The molecule has 0 saturated heterocycles. The number of anilines is 1. The summed E-state index contributed by atoms with van der Waals surface area (Å²) in [7, 11) is -3.69. The quantitative estimate of drug-likeness (QED) is 0.605. The van der Waals surface area contributed by atoms with Gasteiger partial charge in [0.1, 0.15) is 6.04 Å². The molecule has 0 aliphatic rings. The SMILES string of the molecule is CCC(C(=O)NCc1ccc2ccccc2c1)N(c1cccc(Cl)c1)S(C)(=O)=O. The Kier molecular flexibility index (Phi) is 6.45. The van der Waals surface area contributed by atoms with Crippen LogP contribution in [0, 0.1) is 0 Å². The molecule has 1 N–H and O–H groups in total. The van der Waals surface area contributed by atoms with E-state index in [0.29, 0.717) is 23.7 Å². The Hall–Kier alpha value is -2.57. The fourth-order valence-electron chi connectivity index (χ4n) is 3.33. The Balaban J connectivity index is 1.81. The van der Waals surface area contributed by atoms with E-state index in [4.69, 9.17) is 11.6 Å². The molecular formula is C22H23ClN2O3S. The molecule has 1 atom stereocenters. The molecule has 0 aliphatic heterocycles. The van der Waals surface area contributed by atoms with Gasteiger partial charge in [0.05, 0.1) is 11.9 Å². The molecule has 1 unspecified atom stereocenters. The van der Waals surface area contributed by atoms with Crippen LogP contribution in [-0.2, 0) is 21.4 Å². The number of nitrogens with zero attached hydrogens (tertiary/aromatic N) is 1. The van der Waals surface area contributed by atoms with E-state index in [1.807, 2.05) is 42.5 Å². The predicted octanol–water partition coefficient (Wildman–Crippen LogP) is 4.35. The zero-order valence-electron chi connectivity index (χ0n) is 16.3. The third kappa shape index (κ3) is 5.08. The molecule has 5 nitrogen and oxygen atoms in total. The zero-order valence-corrected chi connectivity index (χ0v) is 17.9. The Bertz CT molecular complexity index is 1130. The first kappa shape index (κ1) is 21.1. The minimum atomic E-state index is -3.69. The maximum absolute atomic E-state index is 12.9. The lowest BCUT2D eigenvalue weighted by Crippen LogP contribution is -2.49. The van der Waals surface area contributed by atoms with Crippen LogP contribution in [0.25, 0.3) is 10.8 Å². The zero-order chi connectivity index (χ0) is 21.0. The van der Waals surface area contributed by atoms with Gasteiger partial charge in [0.25, 0.3) is 0 Å². The third-order valence-electron chi connectivity index (χ3n) is 4.67. The third-order valence-corrected chi connectivity index (χ3v) is 6.09. The second-order valence-electron chi connectivity index (χ2n) is 6.86. The molecule has 29 heavy (non-hydrogen) atoms. The summed E-state index contributed by atoms with van der Waals surface area (Å²) in [5.41, 5.74) is 1.31. The van der Waals surface area contributed by atoms with E-state index in [9.17, 15) is 13.2 Å². The van der Waals surface area contributed by atoms with Crippen LogP contribution in [0.3, 0.4) is 0 Å². The van der Waals surface area contributed by atoms with Crippen molar-refractivity contribution < 1.29 is 13.2 Å². The van der Waals surface area contributed by atoms with Gasteiger partial charge in [-0.1, -0.05) is 61.0 Å². The normalized spacial score (nSPS) is 12.5. The molecule has 0 bridgehead atoms. The van der Waals surface area contributed by atoms with Crippen LogP contribution >= 0.6 is 11.6 Å². The molecule has 0 fully saturated rings. The lowest BCUT2D eigenvalue weighted by molar-refractivity contribution is -0.122. The average Bonchev–Trinajstić information content (AvgIpc) is 2.69. The Morgan fingerprint density at radius 2 is 1.76 bits per heavy atom. The molecule has 1 amide bonds. The number of benzene rings is 3. The van der Waals surface area contributed by atoms with Crippen LogP contribution in [-0.4, -0.2) is 26.6 Å². The molecular weight excluding hydrogens is 408 g/mol. The summed E-state index contributed by atoms with van der Waals surface area (Å²) >= 11 is 6.03. The number of sulfonamides is 1. The van der Waals surface area contributed by atoms with Crippen molar-refractivity contribution in [3.8, 4) is 0 Å². The highest BCUT2D eigenvalue weighted by atomic mass is 35.5. The Labute approximate surface area is 176 Å². The monoisotopic (exact) mass is 430 g/mol. The van der Waals surface area contributed by atoms with Gasteiger partial charge in [-0.3, -0.25) is 9.10 Å². The first-order valence-corrected chi connectivity index (χ1v) is 11.5. The van der Waals surface area contributed by atoms with Crippen molar-refractivity contribution in [2.45, 2.75) is 25.9 Å². The lowest BCUT2D eigenvalue weighted by atomic mass is 10.1. The Morgan fingerprint density at radius 3 is 2.41 bits per heavy atom. The van der Waals surface area contributed by atoms with Crippen molar-refractivity contribution in [2.75, 3.05) is 10.6 Å². The van der Waals surface area contributed by atoms with Gasteiger partial charge in [0.15, 0.2) is 0 Å². The van der Waals surface area contributed by atoms with Crippen LogP contribution < -0.4 is 9.62 Å². The lowest BCUT2D eigenvalue weighted by Gasteiger charge is -2.30. The summed E-state index contributed by atoms with van der Waals surface area (Å²) in [5.74, 6) is -0.356. The first-order chi connectivity index (χ1) is 13.8. The average molecular weight is 431 g/mol. The Morgan fingerprint density at radius 1 is 1.03 bits per heavy atom. The summed E-state index contributed by atoms with van der Waals surface area (Å²) in [5, 5.41) is 5.49. The van der Waals surface area contributed by atoms with E-state index in [1.54, 1.807) is 31.2 Å². The highest BCUT2D eigenvalue weighted by molar-refractivity contribution is 7.92. The smallest absolute Gasteiger partial charge is 0.244 e. The van der Waals surface area contributed by atoms with Crippen molar-refractivity contribution in [3.63, 3.8) is 0 Å². The van der Waals surface area contributed by atoms with E-state index >= 15 is 0 Å². The minimum absolute atomic E-state index is 0.313. The number of fused-ring (bicyclic) bond motifs is 1. The van der Waals surface area contributed by atoms with E-state index in [-0.39, 0.29) is 5.91 Å². The second-order valence-corrected chi connectivity index (χ2v) is 9.16. The minimum Gasteiger partial charge on any atom is -0.350 e. The van der Waals surface area contributed by atoms with Crippen molar-refractivity contribution in [1.29, 1.82) is 0 Å². The van der Waals surface area contributed by atoms with Gasteiger partial charge in [0.2, 0.25) is 15.9 Å². The van der Waals surface area contributed by atoms with Gasteiger partial charge in [0, 0.05) is 11.6 Å². The second kappa shape index (κ2) is 8.84. The maximum atomic E-state index is 12.9. The van der Waals surface area contributed by atoms with Gasteiger partial charge in [-0.25, -0.2) is 8.42 Å². The number of carbonyl (C=O) groups is 1. The van der Waals surface area contributed by atoms with E-state index in [2.05, 4.69) is 5.32 Å². The maximum Gasteiger partial charge on any atom is 0.244 e. The standard InChI is InChI=1S/C22H23ClN2O3S/c1-3-21(25(29(2,27)28)20-10-6-9-19(23)14-20)22(26)24-15-16-11-12-17-7-4-5-8-18(17)13-16/h4-14,21H,3,15H2,1-2H3,(H,24,26). The summed E-state index contributed by atoms with van der Waals surface area (Å²) in [4.78, 5) is 12.9. The number of nitrogens with one attached hydrogen (secondary N) is 1. The summed E-state index contributed by atoms with van der Waals surface area (Å²) < 4.78 is 26.1. The summed E-state index contributed by atoms with van der Waals surface area (Å²) in [6.07, 6.45) is 1.41. The van der Waals surface area contributed by atoms with Gasteiger partial charge in [-0.15, -0.1) is 0 Å². The fraction of sp³-hybridized carbons (Fsp3) is 0.227. The molecule has 0 aliphatic carbocycles. The van der Waals surface area contributed by atoms with Crippen LogP contribution in [0.15, 0.2) is 66.7 Å². The van der Waals surface area contributed by atoms with Crippen molar-refractivity contribution in [3.05, 3.63) is 77.3 Å². The fourth-order valence-corrected chi connectivity index (χ4v) is 4.72. The number of amides is 1. The first-order valence-electron chi connectivity index (χ1n) is 9.30. The van der Waals surface area contributed by atoms with Crippen LogP contribution in [0.5, 0.6) is 0 Å². The molecule has 0 saturated carbocycles. The molecule has 3 aromatic carbocycles. The van der Waals surface area contributed by atoms with Crippen LogP contribution in [0.4, 0.5) is 5.69 Å². The number of rotatable bonds is 7. The van der Waals surface area contributed by atoms with Crippen molar-refractivity contribution >= 4 is 44.0 Å². The predicted molar refractivity (Wildman–Crippen MR) is 119 cm³/mol. The van der Waals surface area contributed by atoms with Gasteiger partial charge in [-0.05, 0) is 47.0 Å². The highest BCUT2D eigenvalue weighted by Crippen LogP contribution is 2.25. The molecule has 7 heteroatoms. The van der Waals surface area contributed by atoms with E-state index in [0.717, 1.165) is 26.9 Å². The van der Waals surface area contributed by atoms with Crippen LogP contribution in [0.1, 0.15) is 18.9 Å². The molecule has 3 rings (SSSR count). The summed E-state index contributed by atoms with van der Waals surface area (Å²) in [6, 6.07) is 19.6. The molecule has 0 spiro atoms. The van der Waals surface area contributed by atoms with Gasteiger partial charge < -0.3 is 5.32 Å². The van der Waals surface area contributed by atoms with Gasteiger partial charge in [-0.2, -0.15) is 0 Å². The van der Waals surface area contributed by atoms with Gasteiger partial charge >= 0.3 is 0 Å². The number of halogens is 1. The molecule has 0 heterocycles. The number of hydrogen-bond donors (Lipinski definition) is 1. The molecule has 0 aromatic heterocycles. The highest BCUT2D eigenvalue weighted by Gasteiger charge is 2.31. The topological polar surface area (TPSA) is 66.5 Å². The molecule has 3 aromatic rings. The summed E-state index contributed by atoms with van der Waals surface area (Å²) in [6.45, 7) is 2.09. The van der Waals surface area contributed by atoms with Crippen molar-refractivity contribution in [1.82, 2.24) is 5.32 Å². The van der Waals surface area contributed by atoms with Crippen molar-refractivity contribution in [2.24, 2.45) is 0 Å². The van der Waals surface area contributed by atoms with E-state index in [1.165, 1.54) is 0 Å². The largest absolute Gasteiger partial charge is 0.350 e.